The van der Waals surface area contributed by atoms with Crippen LogP contribution in [0.25, 0.3) is 0 Å². The van der Waals surface area contributed by atoms with Crippen LogP contribution in [0.3, 0.4) is 0 Å². The number of ether oxygens (including phenoxy) is 1. The Bertz CT molecular complexity index is 537. The second-order valence-electron chi connectivity index (χ2n) is 5.60. The van der Waals surface area contributed by atoms with E-state index >= 15 is 0 Å². The van der Waals surface area contributed by atoms with E-state index in [1.165, 1.54) is 24.0 Å². The molecule has 0 amide bonds. The molecule has 3 aliphatic rings. The average molecular weight is 255 g/mol. The van der Waals surface area contributed by atoms with Crippen molar-refractivity contribution >= 4 is 5.97 Å². The molecule has 19 heavy (non-hydrogen) atoms. The first-order valence-electron chi connectivity index (χ1n) is 7.04. The fourth-order valence-electron chi connectivity index (χ4n) is 3.75. The molecule has 3 nitrogen and oxygen atoms in total. The molecule has 0 unspecified atom stereocenters. The third-order valence-electron chi connectivity index (χ3n) is 4.59. The number of hydrogen-bond acceptors (Lipinski definition) is 3. The van der Waals surface area contributed by atoms with Crippen molar-refractivity contribution in [1.29, 1.82) is 0 Å². The summed E-state index contributed by atoms with van der Waals surface area (Å²) in [6, 6.07) is 10.9. The molecule has 2 fully saturated rings. The molecule has 3 heteroatoms. The molecule has 1 aromatic rings. The molecule has 1 saturated carbocycles. The highest BCUT2D eigenvalue weighted by Gasteiger charge is 2.47. The number of nitrogens with zero attached hydrogens (tertiary/aromatic N) is 1. The Labute approximate surface area is 112 Å². The zero-order valence-electron chi connectivity index (χ0n) is 10.8. The quantitative estimate of drug-likeness (QED) is 0.570. The van der Waals surface area contributed by atoms with Gasteiger partial charge in [0, 0.05) is 6.04 Å². The van der Waals surface area contributed by atoms with Crippen LogP contribution in [0.4, 0.5) is 0 Å². The van der Waals surface area contributed by atoms with Crippen LogP contribution >= 0.6 is 0 Å². The van der Waals surface area contributed by atoms with Crippen LogP contribution < -0.4 is 0 Å². The summed E-state index contributed by atoms with van der Waals surface area (Å²) in [5.74, 6) is -0.0749. The summed E-state index contributed by atoms with van der Waals surface area (Å²) in [7, 11) is 0. The van der Waals surface area contributed by atoms with Crippen LogP contribution in [0, 0.1) is 0 Å². The molecule has 1 aliphatic carbocycles. The van der Waals surface area contributed by atoms with Crippen LogP contribution in [0.1, 0.15) is 30.9 Å². The minimum absolute atomic E-state index is 0.0749. The van der Waals surface area contributed by atoms with Gasteiger partial charge in [-0.05, 0) is 24.8 Å². The van der Waals surface area contributed by atoms with Crippen molar-refractivity contribution in [3.05, 3.63) is 47.5 Å². The SMILES string of the molecule is O=C1OC[C@H](c2ccccc2)N2[C@H]1C=C1CCC[C@@H]12. The Morgan fingerprint density at radius 2 is 2.00 bits per heavy atom. The van der Waals surface area contributed by atoms with Crippen LogP contribution in [0.5, 0.6) is 0 Å². The van der Waals surface area contributed by atoms with Crippen LogP contribution in [-0.2, 0) is 9.53 Å². The molecule has 0 N–H and O–H groups in total. The Morgan fingerprint density at radius 3 is 2.84 bits per heavy atom. The summed E-state index contributed by atoms with van der Waals surface area (Å²) >= 11 is 0. The Hall–Kier alpha value is -1.61. The molecule has 0 radical (unpaired) electrons. The van der Waals surface area contributed by atoms with Gasteiger partial charge in [-0.2, -0.15) is 0 Å². The van der Waals surface area contributed by atoms with Gasteiger partial charge in [0.15, 0.2) is 0 Å². The maximum Gasteiger partial charge on any atom is 0.327 e. The van der Waals surface area contributed by atoms with E-state index in [2.05, 4.69) is 35.2 Å². The largest absolute Gasteiger partial charge is 0.462 e. The number of carbonyl (C=O) groups excluding carboxylic acids is 1. The predicted octanol–water partition coefficient (Wildman–Crippen LogP) is 2.45. The molecular weight excluding hydrogens is 238 g/mol. The summed E-state index contributed by atoms with van der Waals surface area (Å²) in [6.07, 6.45) is 5.72. The molecular formula is C16H17NO2. The van der Waals surface area contributed by atoms with Gasteiger partial charge in [0.2, 0.25) is 0 Å². The topological polar surface area (TPSA) is 29.5 Å². The maximum atomic E-state index is 12.0. The van der Waals surface area contributed by atoms with Gasteiger partial charge in [0.05, 0.1) is 6.04 Å². The average Bonchev–Trinajstić information content (AvgIpc) is 3.02. The monoisotopic (exact) mass is 255 g/mol. The van der Waals surface area contributed by atoms with Crippen LogP contribution in [0.15, 0.2) is 42.0 Å². The molecule has 98 valence electrons. The van der Waals surface area contributed by atoms with E-state index in [1.807, 2.05) is 6.07 Å². The van der Waals surface area contributed by atoms with Crippen molar-refractivity contribution in [2.45, 2.75) is 37.4 Å². The van der Waals surface area contributed by atoms with E-state index in [-0.39, 0.29) is 18.1 Å². The summed E-state index contributed by atoms with van der Waals surface area (Å²) < 4.78 is 5.40. The van der Waals surface area contributed by atoms with E-state index in [0.717, 1.165) is 6.42 Å². The second-order valence-corrected chi connectivity index (χ2v) is 5.60. The predicted molar refractivity (Wildman–Crippen MR) is 71.5 cm³/mol. The van der Waals surface area contributed by atoms with Gasteiger partial charge in [-0.15, -0.1) is 0 Å². The van der Waals surface area contributed by atoms with E-state index < -0.39 is 0 Å². The highest BCUT2D eigenvalue weighted by atomic mass is 16.5. The van der Waals surface area contributed by atoms with Gasteiger partial charge in [0.1, 0.15) is 12.6 Å². The summed E-state index contributed by atoms with van der Waals surface area (Å²) in [5, 5.41) is 0. The number of benzene rings is 1. The first kappa shape index (κ1) is 11.2. The number of carbonyl (C=O) groups is 1. The minimum Gasteiger partial charge on any atom is -0.462 e. The zero-order chi connectivity index (χ0) is 12.8. The third-order valence-corrected chi connectivity index (χ3v) is 4.59. The van der Waals surface area contributed by atoms with E-state index in [9.17, 15) is 4.79 Å². The van der Waals surface area contributed by atoms with Gasteiger partial charge in [0.25, 0.3) is 0 Å². The fraction of sp³-hybridized carbons (Fsp3) is 0.438. The molecule has 1 saturated heterocycles. The van der Waals surface area contributed by atoms with Crippen LogP contribution in [-0.4, -0.2) is 29.6 Å². The van der Waals surface area contributed by atoms with Crippen molar-refractivity contribution in [2.24, 2.45) is 0 Å². The fourth-order valence-corrected chi connectivity index (χ4v) is 3.75. The molecule has 1 aromatic carbocycles. The Morgan fingerprint density at radius 1 is 1.16 bits per heavy atom. The lowest BCUT2D eigenvalue weighted by atomic mass is 10.0. The van der Waals surface area contributed by atoms with Crippen molar-refractivity contribution in [3.8, 4) is 0 Å². The van der Waals surface area contributed by atoms with E-state index in [0.29, 0.717) is 12.6 Å². The molecule has 2 aliphatic heterocycles. The normalized spacial score (nSPS) is 33.6. The minimum atomic E-state index is -0.153. The van der Waals surface area contributed by atoms with Gasteiger partial charge >= 0.3 is 5.97 Å². The molecule has 0 spiro atoms. The van der Waals surface area contributed by atoms with Gasteiger partial charge in [-0.25, -0.2) is 4.79 Å². The second kappa shape index (κ2) is 4.20. The highest BCUT2D eigenvalue weighted by Crippen LogP contribution is 2.43. The van der Waals surface area contributed by atoms with Crippen molar-refractivity contribution < 1.29 is 9.53 Å². The van der Waals surface area contributed by atoms with Crippen molar-refractivity contribution in [2.75, 3.05) is 6.61 Å². The lowest BCUT2D eigenvalue weighted by Crippen LogP contribution is -2.50. The number of cyclic esters (lactones) is 1. The number of rotatable bonds is 1. The van der Waals surface area contributed by atoms with Crippen molar-refractivity contribution in [1.82, 2.24) is 4.90 Å². The molecule has 0 aromatic heterocycles. The Balaban J connectivity index is 1.72. The summed E-state index contributed by atoms with van der Waals surface area (Å²) in [4.78, 5) is 14.4. The van der Waals surface area contributed by atoms with E-state index in [1.54, 1.807) is 0 Å². The van der Waals surface area contributed by atoms with Gasteiger partial charge in [-0.1, -0.05) is 42.0 Å². The molecule has 3 atom stereocenters. The number of morpholine rings is 1. The lowest BCUT2D eigenvalue weighted by molar-refractivity contribution is -0.160. The summed E-state index contributed by atoms with van der Waals surface area (Å²) in [5.41, 5.74) is 2.70. The maximum absolute atomic E-state index is 12.0. The van der Waals surface area contributed by atoms with Gasteiger partial charge in [-0.3, -0.25) is 4.90 Å². The molecule has 2 heterocycles. The first-order valence-corrected chi connectivity index (χ1v) is 7.04. The number of esters is 1. The summed E-state index contributed by atoms with van der Waals surface area (Å²) in [6.45, 7) is 0.483. The zero-order valence-corrected chi connectivity index (χ0v) is 10.8. The Kier molecular flexibility index (Phi) is 2.49. The number of hydrogen-bond donors (Lipinski definition) is 0. The van der Waals surface area contributed by atoms with Crippen molar-refractivity contribution in [3.63, 3.8) is 0 Å². The lowest BCUT2D eigenvalue weighted by Gasteiger charge is -2.40. The first-order chi connectivity index (χ1) is 9.34. The standard InChI is InChI=1S/C16H17NO2/c18-16-14-9-12-7-4-8-13(12)17(14)15(10-19-16)11-5-2-1-3-6-11/h1-3,5-6,9,13-15H,4,7-8,10H2/t13-,14-,15+/m0/s1. The third kappa shape index (κ3) is 1.65. The molecule has 4 rings (SSSR count). The number of fused-ring (bicyclic) bond motifs is 3. The smallest absolute Gasteiger partial charge is 0.327 e. The highest BCUT2D eigenvalue weighted by molar-refractivity contribution is 5.80. The van der Waals surface area contributed by atoms with Crippen LogP contribution in [0.2, 0.25) is 0 Å². The van der Waals surface area contributed by atoms with E-state index in [4.69, 9.17) is 4.74 Å². The van der Waals surface area contributed by atoms with Gasteiger partial charge < -0.3 is 4.74 Å². The molecule has 0 bridgehead atoms.